The van der Waals surface area contributed by atoms with Crippen LogP contribution in [0.25, 0.3) is 0 Å². The van der Waals surface area contributed by atoms with E-state index in [1.54, 1.807) is 25.4 Å². The maximum absolute atomic E-state index is 13.2. The van der Waals surface area contributed by atoms with E-state index >= 15 is 0 Å². The van der Waals surface area contributed by atoms with Crippen molar-refractivity contribution in [3.05, 3.63) is 65.0 Å². The molecule has 1 aromatic heterocycles. The number of aromatic nitrogens is 1. The van der Waals surface area contributed by atoms with Gasteiger partial charge in [-0.15, -0.1) is 0 Å². The minimum absolute atomic E-state index is 0.131. The number of likely N-dealkylation sites (N-methyl/N-ethyl adjacent to an activating group) is 1. The Labute approximate surface area is 158 Å². The van der Waals surface area contributed by atoms with Crippen LogP contribution in [0.2, 0.25) is 0 Å². The fourth-order valence-electron chi connectivity index (χ4n) is 3.75. The zero-order valence-electron chi connectivity index (χ0n) is 15.4. The molecule has 136 valence electrons. The average molecular weight is 359 g/mol. The number of rotatable bonds is 3. The summed E-state index contributed by atoms with van der Waals surface area (Å²) < 4.78 is 0. The molecule has 4 rings (SSSR count). The number of nitrogens with two attached hydrogens (primary N) is 1. The van der Waals surface area contributed by atoms with Gasteiger partial charge in [-0.25, -0.2) is 4.99 Å². The van der Waals surface area contributed by atoms with Crippen LogP contribution in [0.15, 0.2) is 47.6 Å². The summed E-state index contributed by atoms with van der Waals surface area (Å²) in [6, 6.07) is 13.7. The van der Waals surface area contributed by atoms with E-state index in [1.165, 1.54) is 23.3 Å². The number of nitriles is 1. The number of carbonyl (C=O) groups excluding carboxylic acids is 1. The summed E-state index contributed by atoms with van der Waals surface area (Å²) in [5, 5.41) is 9.25. The maximum Gasteiger partial charge on any atom is 0.239 e. The second-order valence-electron chi connectivity index (χ2n) is 7.43. The molecular formula is C21H21N5O. The normalized spacial score (nSPS) is 25.1. The fourth-order valence-corrected chi connectivity index (χ4v) is 3.75. The molecule has 1 aliphatic carbocycles. The molecule has 2 atom stereocenters. The molecule has 27 heavy (non-hydrogen) atoms. The molecule has 1 aliphatic heterocycles. The third-order valence-electron chi connectivity index (χ3n) is 5.56. The van der Waals surface area contributed by atoms with E-state index in [-0.39, 0.29) is 11.9 Å². The van der Waals surface area contributed by atoms with Crippen molar-refractivity contribution in [1.82, 2.24) is 9.88 Å². The highest BCUT2D eigenvalue weighted by molar-refractivity contribution is 6.02. The highest BCUT2D eigenvalue weighted by atomic mass is 16.2. The number of amides is 1. The topological polar surface area (TPSA) is 95.4 Å². The van der Waals surface area contributed by atoms with Crippen LogP contribution in [-0.4, -0.2) is 28.8 Å². The van der Waals surface area contributed by atoms with Crippen molar-refractivity contribution in [2.45, 2.75) is 37.1 Å². The van der Waals surface area contributed by atoms with Gasteiger partial charge in [0.15, 0.2) is 5.96 Å². The molecule has 0 radical (unpaired) electrons. The number of carbonyl (C=O) groups is 1. The van der Waals surface area contributed by atoms with Crippen LogP contribution >= 0.6 is 0 Å². The largest absolute Gasteiger partial charge is 0.369 e. The van der Waals surface area contributed by atoms with E-state index in [2.05, 4.69) is 28.2 Å². The van der Waals surface area contributed by atoms with Crippen LogP contribution < -0.4 is 5.73 Å². The molecular weight excluding hydrogens is 338 g/mol. The van der Waals surface area contributed by atoms with Crippen LogP contribution in [0.1, 0.15) is 54.0 Å². The fraction of sp³-hybridized carbons (Fsp3) is 0.333. The molecule has 2 aliphatic rings. The van der Waals surface area contributed by atoms with Gasteiger partial charge in [0.1, 0.15) is 5.54 Å². The molecule has 0 bridgehead atoms. The molecule has 1 aromatic carbocycles. The van der Waals surface area contributed by atoms with E-state index in [0.29, 0.717) is 17.2 Å². The van der Waals surface area contributed by atoms with Crippen LogP contribution in [0, 0.1) is 11.3 Å². The number of hydrogen-bond donors (Lipinski definition) is 1. The minimum Gasteiger partial charge on any atom is -0.369 e. The van der Waals surface area contributed by atoms with Gasteiger partial charge in [-0.1, -0.05) is 24.3 Å². The van der Waals surface area contributed by atoms with E-state index in [9.17, 15) is 10.1 Å². The Hall–Kier alpha value is -3.20. The molecule has 0 saturated heterocycles. The first-order chi connectivity index (χ1) is 12.9. The first-order valence-electron chi connectivity index (χ1n) is 9.03. The lowest BCUT2D eigenvalue weighted by molar-refractivity contribution is -0.130. The van der Waals surface area contributed by atoms with Gasteiger partial charge in [-0.3, -0.25) is 14.7 Å². The van der Waals surface area contributed by atoms with Crippen LogP contribution in [0.3, 0.4) is 0 Å². The van der Waals surface area contributed by atoms with E-state index in [1.807, 2.05) is 19.1 Å². The zero-order valence-corrected chi connectivity index (χ0v) is 15.4. The van der Waals surface area contributed by atoms with Crippen molar-refractivity contribution in [2.24, 2.45) is 10.7 Å². The summed E-state index contributed by atoms with van der Waals surface area (Å²) >= 11 is 0. The molecule has 2 heterocycles. The summed E-state index contributed by atoms with van der Waals surface area (Å²) in [4.78, 5) is 23.6. The first kappa shape index (κ1) is 17.2. The SMILES string of the molecule is CN1C(=O)[C@H](c2ccc(C3CC3)cc2)[C@@](C)(c2cc(C#N)ccn2)N=C1N. The predicted octanol–water partition coefficient (Wildman–Crippen LogP) is 2.62. The van der Waals surface area contributed by atoms with Crippen LogP contribution in [-0.2, 0) is 10.3 Å². The van der Waals surface area contributed by atoms with Crippen LogP contribution in [0.4, 0.5) is 0 Å². The monoisotopic (exact) mass is 359 g/mol. The molecule has 2 aromatic rings. The second-order valence-corrected chi connectivity index (χ2v) is 7.43. The van der Waals surface area contributed by atoms with Crippen molar-refractivity contribution in [3.8, 4) is 6.07 Å². The summed E-state index contributed by atoms with van der Waals surface area (Å²) in [7, 11) is 1.63. The van der Waals surface area contributed by atoms with Crippen molar-refractivity contribution in [3.63, 3.8) is 0 Å². The predicted molar refractivity (Wildman–Crippen MR) is 102 cm³/mol. The quantitative estimate of drug-likeness (QED) is 0.911. The van der Waals surface area contributed by atoms with Gasteiger partial charge in [-0.2, -0.15) is 5.26 Å². The lowest BCUT2D eigenvalue weighted by Gasteiger charge is -2.40. The molecule has 1 fully saturated rings. The number of aliphatic imine (C=N–C) groups is 1. The lowest BCUT2D eigenvalue weighted by Crippen LogP contribution is -2.52. The Morgan fingerprint density at radius 2 is 1.89 bits per heavy atom. The summed E-state index contributed by atoms with van der Waals surface area (Å²) in [5.41, 5.74) is 8.26. The highest BCUT2D eigenvalue weighted by Crippen LogP contribution is 2.45. The molecule has 0 unspecified atom stereocenters. The number of nitrogens with zero attached hydrogens (tertiary/aromatic N) is 4. The number of hydrogen-bond acceptors (Lipinski definition) is 5. The molecule has 0 spiro atoms. The van der Waals surface area contributed by atoms with Gasteiger partial charge in [-0.05, 0) is 48.9 Å². The van der Waals surface area contributed by atoms with Crippen molar-refractivity contribution >= 4 is 11.9 Å². The van der Waals surface area contributed by atoms with Crippen molar-refractivity contribution in [2.75, 3.05) is 7.05 Å². The number of guanidine groups is 1. The highest BCUT2D eigenvalue weighted by Gasteiger charge is 2.48. The minimum atomic E-state index is -0.984. The average Bonchev–Trinajstić information content (AvgIpc) is 3.52. The Morgan fingerprint density at radius 1 is 1.22 bits per heavy atom. The van der Waals surface area contributed by atoms with Crippen molar-refractivity contribution in [1.29, 1.82) is 5.26 Å². The molecule has 1 amide bonds. The van der Waals surface area contributed by atoms with E-state index in [4.69, 9.17) is 5.73 Å². The van der Waals surface area contributed by atoms with E-state index in [0.717, 1.165) is 5.56 Å². The third-order valence-corrected chi connectivity index (χ3v) is 5.56. The first-order valence-corrected chi connectivity index (χ1v) is 9.03. The Bertz CT molecular complexity index is 971. The third kappa shape index (κ3) is 2.85. The molecule has 2 N–H and O–H groups in total. The number of benzene rings is 1. The van der Waals surface area contributed by atoms with Gasteiger partial charge in [0, 0.05) is 13.2 Å². The Morgan fingerprint density at radius 3 is 2.52 bits per heavy atom. The maximum atomic E-state index is 13.2. The van der Waals surface area contributed by atoms with Gasteiger partial charge >= 0.3 is 0 Å². The smallest absolute Gasteiger partial charge is 0.239 e. The Balaban J connectivity index is 1.84. The van der Waals surface area contributed by atoms with Gasteiger partial charge in [0.2, 0.25) is 5.91 Å². The molecule has 6 nitrogen and oxygen atoms in total. The number of pyridine rings is 1. The second kappa shape index (κ2) is 6.20. The zero-order chi connectivity index (χ0) is 19.2. The summed E-state index contributed by atoms with van der Waals surface area (Å²) in [5.74, 6) is 0.105. The standard InChI is InChI=1S/C21H21N5O/c1-21(17-11-13(12-22)9-10-24-17)18(19(27)26(2)20(23)25-21)16-7-5-15(6-8-16)14-3-4-14/h5-11,14,18H,3-4H2,1-2H3,(H2,23,25)/t18-,21+/m0/s1. The summed E-state index contributed by atoms with van der Waals surface area (Å²) in [6.45, 7) is 1.85. The Kier molecular flexibility index (Phi) is 3.96. The summed E-state index contributed by atoms with van der Waals surface area (Å²) in [6.07, 6.45) is 4.03. The molecule has 6 heteroatoms. The van der Waals surface area contributed by atoms with Crippen LogP contribution in [0.5, 0.6) is 0 Å². The lowest BCUT2D eigenvalue weighted by atomic mass is 9.76. The van der Waals surface area contributed by atoms with Gasteiger partial charge in [0.05, 0.1) is 23.2 Å². The van der Waals surface area contributed by atoms with Gasteiger partial charge in [0.25, 0.3) is 0 Å². The van der Waals surface area contributed by atoms with Gasteiger partial charge < -0.3 is 5.73 Å². The van der Waals surface area contributed by atoms with E-state index < -0.39 is 11.5 Å². The van der Waals surface area contributed by atoms with Crippen molar-refractivity contribution < 1.29 is 4.79 Å². The molecule has 1 saturated carbocycles.